The van der Waals surface area contributed by atoms with Gasteiger partial charge in [0, 0.05) is 67.5 Å². The van der Waals surface area contributed by atoms with Crippen LogP contribution in [0.4, 0.5) is 14.5 Å². The number of nitrogens with zero attached hydrogens (tertiary/aromatic N) is 3. The van der Waals surface area contributed by atoms with E-state index in [2.05, 4.69) is 15.2 Å². The van der Waals surface area contributed by atoms with Crippen molar-refractivity contribution in [1.82, 2.24) is 10.3 Å². The third-order valence-corrected chi connectivity index (χ3v) is 7.89. The van der Waals surface area contributed by atoms with Crippen LogP contribution in [0.1, 0.15) is 24.0 Å². The Hall–Kier alpha value is -4.06. The summed E-state index contributed by atoms with van der Waals surface area (Å²) in [6.45, 7) is 6.02. The van der Waals surface area contributed by atoms with Crippen molar-refractivity contribution in [3.8, 4) is 34.1 Å². The van der Waals surface area contributed by atoms with E-state index in [4.69, 9.17) is 4.74 Å². The maximum absolute atomic E-state index is 14.5. The summed E-state index contributed by atoms with van der Waals surface area (Å²) in [4.78, 5) is 6.96. The molecular weight excluding hydrogens is 510 g/mol. The van der Waals surface area contributed by atoms with Gasteiger partial charge in [0.15, 0.2) is 0 Å². The van der Waals surface area contributed by atoms with Gasteiger partial charge < -0.3 is 20.1 Å². The van der Waals surface area contributed by atoms with E-state index < -0.39 is 5.82 Å². The van der Waals surface area contributed by atoms with Gasteiger partial charge >= 0.3 is 0 Å². The van der Waals surface area contributed by atoms with E-state index in [1.807, 2.05) is 31.2 Å². The lowest BCUT2D eigenvalue weighted by molar-refractivity contribution is 0.0765. The molecule has 4 aromatic rings. The van der Waals surface area contributed by atoms with E-state index >= 15 is 0 Å². The van der Waals surface area contributed by atoms with Crippen LogP contribution in [0.15, 0.2) is 54.7 Å². The number of nitrogens with one attached hydrogen (secondary N) is 1. The molecular formula is C32H30F2N4O2. The van der Waals surface area contributed by atoms with Crippen molar-refractivity contribution in [3.63, 3.8) is 0 Å². The highest BCUT2D eigenvalue weighted by Crippen LogP contribution is 2.42. The van der Waals surface area contributed by atoms with Crippen LogP contribution in [-0.4, -0.2) is 49.0 Å². The highest BCUT2D eigenvalue weighted by atomic mass is 19.1. The molecule has 204 valence electrons. The Morgan fingerprint density at radius 1 is 1.02 bits per heavy atom. The van der Waals surface area contributed by atoms with Gasteiger partial charge in [-0.15, -0.1) is 0 Å². The summed E-state index contributed by atoms with van der Waals surface area (Å²) in [5.41, 5.74) is 4.69. The fraction of sp³-hybridized carbons (Fsp3) is 0.312. The number of hydrogen-bond acceptors (Lipinski definition) is 6. The maximum atomic E-state index is 14.5. The molecule has 8 heteroatoms. The Bertz CT molecular complexity index is 1600. The Kier molecular flexibility index (Phi) is 7.09. The molecule has 2 aliphatic heterocycles. The maximum Gasteiger partial charge on any atom is 0.141 e. The molecule has 3 heterocycles. The second-order valence-corrected chi connectivity index (χ2v) is 10.8. The van der Waals surface area contributed by atoms with Gasteiger partial charge in [-0.05, 0) is 72.9 Å². The first kappa shape index (κ1) is 26.2. The molecule has 2 aliphatic rings. The Labute approximate surface area is 231 Å². The first-order valence-corrected chi connectivity index (χ1v) is 13.6. The average molecular weight is 541 g/mol. The molecule has 3 aromatic carbocycles. The summed E-state index contributed by atoms with van der Waals surface area (Å²) in [5.74, 6) is -0.722. The number of pyridine rings is 1. The third-order valence-electron chi connectivity index (χ3n) is 7.89. The van der Waals surface area contributed by atoms with Crippen LogP contribution in [0.2, 0.25) is 0 Å². The van der Waals surface area contributed by atoms with Crippen LogP contribution < -0.4 is 10.2 Å². The Morgan fingerprint density at radius 3 is 2.55 bits per heavy atom. The van der Waals surface area contributed by atoms with E-state index in [9.17, 15) is 19.1 Å². The second-order valence-electron chi connectivity index (χ2n) is 10.8. The standard InChI is InChI=1S/C32H30F2N4O2/c1-19-8-22(10-24(33)9-19)29-16-37-30-3-2-21(27-13-25(34)11-23(14-35)32(27)39)12-28(30)31(29)38-17-20(18-38)15-36-26-4-6-40-7-5-26/h2-3,8-13,16,20,26,36,39H,4-7,15,17-18H2,1H3. The molecule has 6 nitrogen and oxygen atoms in total. The van der Waals surface area contributed by atoms with Crippen molar-refractivity contribution in [2.24, 2.45) is 5.92 Å². The lowest BCUT2D eigenvalue weighted by Gasteiger charge is -2.43. The number of benzene rings is 3. The quantitative estimate of drug-likeness (QED) is 0.315. The van der Waals surface area contributed by atoms with Crippen LogP contribution in [0.3, 0.4) is 0 Å². The van der Waals surface area contributed by atoms with Crippen LogP contribution in [-0.2, 0) is 4.74 Å². The summed E-state index contributed by atoms with van der Waals surface area (Å²) >= 11 is 0. The summed E-state index contributed by atoms with van der Waals surface area (Å²) < 4.78 is 34.3. The zero-order chi connectivity index (χ0) is 27.8. The van der Waals surface area contributed by atoms with E-state index in [0.717, 1.165) is 85.0 Å². The van der Waals surface area contributed by atoms with Crippen molar-refractivity contribution < 1.29 is 18.6 Å². The lowest BCUT2D eigenvalue weighted by Crippen LogP contribution is -2.52. The average Bonchev–Trinajstić information content (AvgIpc) is 2.93. The molecule has 2 saturated heterocycles. The van der Waals surface area contributed by atoms with Gasteiger partial charge in [0.2, 0.25) is 0 Å². The number of ether oxygens (including phenoxy) is 1. The number of fused-ring (bicyclic) bond motifs is 1. The topological polar surface area (TPSA) is 81.4 Å². The first-order chi connectivity index (χ1) is 19.4. The first-order valence-electron chi connectivity index (χ1n) is 13.6. The number of anilines is 1. The zero-order valence-corrected chi connectivity index (χ0v) is 22.3. The van der Waals surface area contributed by atoms with Crippen LogP contribution >= 0.6 is 0 Å². The normalized spacial score (nSPS) is 16.2. The van der Waals surface area contributed by atoms with Gasteiger partial charge in [0.1, 0.15) is 23.5 Å². The lowest BCUT2D eigenvalue weighted by atomic mass is 9.92. The molecule has 1 aromatic heterocycles. The SMILES string of the molecule is Cc1cc(F)cc(-c2cnc3ccc(-c4cc(F)cc(C#N)c4O)cc3c2N2CC(CNC3CCOCC3)C2)c1. The Balaban J connectivity index is 1.41. The predicted octanol–water partition coefficient (Wildman–Crippen LogP) is 5.94. The molecule has 0 spiro atoms. The van der Waals surface area contributed by atoms with Gasteiger partial charge in [0.05, 0.1) is 16.8 Å². The fourth-order valence-corrected chi connectivity index (χ4v) is 5.81. The minimum absolute atomic E-state index is 0.125. The van der Waals surface area contributed by atoms with Crippen molar-refractivity contribution in [3.05, 3.63) is 77.5 Å². The van der Waals surface area contributed by atoms with E-state index in [1.54, 1.807) is 12.3 Å². The van der Waals surface area contributed by atoms with Crippen molar-refractivity contribution >= 4 is 16.6 Å². The number of rotatable bonds is 6. The van der Waals surface area contributed by atoms with E-state index in [1.165, 1.54) is 18.2 Å². The predicted molar refractivity (Wildman–Crippen MR) is 151 cm³/mol. The Morgan fingerprint density at radius 2 is 1.80 bits per heavy atom. The summed E-state index contributed by atoms with van der Waals surface area (Å²) in [5, 5.41) is 24.6. The second kappa shape index (κ2) is 10.8. The molecule has 2 N–H and O–H groups in total. The molecule has 0 radical (unpaired) electrons. The molecule has 0 amide bonds. The van der Waals surface area contributed by atoms with E-state index in [0.29, 0.717) is 17.5 Å². The number of phenolic OH excluding ortho intramolecular Hbond substituents is 1. The van der Waals surface area contributed by atoms with Gasteiger partial charge in [0.25, 0.3) is 0 Å². The molecule has 0 saturated carbocycles. The van der Waals surface area contributed by atoms with Gasteiger partial charge in [-0.1, -0.05) is 12.1 Å². The number of nitriles is 1. The van der Waals surface area contributed by atoms with Crippen LogP contribution in [0, 0.1) is 35.8 Å². The summed E-state index contributed by atoms with van der Waals surface area (Å²) in [6, 6.07) is 15.0. The molecule has 0 unspecified atom stereocenters. The number of aryl methyl sites for hydroxylation is 1. The summed E-state index contributed by atoms with van der Waals surface area (Å²) in [7, 11) is 0. The number of hydrogen-bond donors (Lipinski definition) is 2. The van der Waals surface area contributed by atoms with Crippen LogP contribution in [0.25, 0.3) is 33.2 Å². The van der Waals surface area contributed by atoms with Gasteiger partial charge in [-0.2, -0.15) is 5.26 Å². The van der Waals surface area contributed by atoms with Gasteiger partial charge in [-0.3, -0.25) is 4.98 Å². The van der Waals surface area contributed by atoms with Crippen LogP contribution in [0.5, 0.6) is 5.75 Å². The molecule has 6 rings (SSSR count). The number of halogens is 2. The molecule has 0 aliphatic carbocycles. The minimum Gasteiger partial charge on any atom is -0.506 e. The van der Waals surface area contributed by atoms with Gasteiger partial charge in [-0.25, -0.2) is 8.78 Å². The number of aromatic hydroxyl groups is 1. The largest absolute Gasteiger partial charge is 0.506 e. The van der Waals surface area contributed by atoms with E-state index in [-0.39, 0.29) is 22.7 Å². The highest BCUT2D eigenvalue weighted by molar-refractivity contribution is 6.02. The van der Waals surface area contributed by atoms with Crippen molar-refractivity contribution in [2.45, 2.75) is 25.8 Å². The smallest absolute Gasteiger partial charge is 0.141 e. The third kappa shape index (κ3) is 5.10. The number of aromatic nitrogens is 1. The number of phenols is 1. The molecule has 2 fully saturated rings. The fourth-order valence-electron chi connectivity index (χ4n) is 5.81. The minimum atomic E-state index is -0.602. The molecule has 40 heavy (non-hydrogen) atoms. The van der Waals surface area contributed by atoms with Crippen molar-refractivity contribution in [2.75, 3.05) is 37.7 Å². The monoisotopic (exact) mass is 540 g/mol. The van der Waals surface area contributed by atoms with Crippen molar-refractivity contribution in [1.29, 1.82) is 5.26 Å². The molecule has 0 atom stereocenters. The zero-order valence-electron chi connectivity index (χ0n) is 22.3. The molecule has 0 bridgehead atoms. The summed E-state index contributed by atoms with van der Waals surface area (Å²) in [6.07, 6.45) is 3.84. The highest BCUT2D eigenvalue weighted by Gasteiger charge is 2.31.